The number of rotatable bonds is 4. The predicted octanol–water partition coefficient (Wildman–Crippen LogP) is 1.40. The molecule has 15 heavy (non-hydrogen) atoms. The minimum atomic E-state index is 0.782. The van der Waals surface area contributed by atoms with Crippen LogP contribution in [0.15, 0.2) is 5.38 Å². The lowest BCUT2D eigenvalue weighted by molar-refractivity contribution is 0.419. The number of thiazole rings is 1. The average molecular weight is 225 g/mol. The van der Waals surface area contributed by atoms with Crippen molar-refractivity contribution in [2.45, 2.75) is 20.4 Å². The Morgan fingerprint density at radius 2 is 2.47 bits per heavy atom. The first-order valence-electron chi connectivity index (χ1n) is 5.58. The summed E-state index contributed by atoms with van der Waals surface area (Å²) in [6.45, 7) is 8.71. The summed E-state index contributed by atoms with van der Waals surface area (Å²) in [6, 6.07) is 0. The van der Waals surface area contributed by atoms with E-state index in [2.05, 4.69) is 34.8 Å². The van der Waals surface area contributed by atoms with Gasteiger partial charge in [-0.05, 0) is 38.4 Å². The van der Waals surface area contributed by atoms with Crippen molar-refractivity contribution in [3.05, 3.63) is 16.1 Å². The van der Waals surface area contributed by atoms with E-state index in [1.165, 1.54) is 12.2 Å². The van der Waals surface area contributed by atoms with E-state index < -0.39 is 0 Å². The van der Waals surface area contributed by atoms with Crippen LogP contribution < -0.4 is 10.6 Å². The summed E-state index contributed by atoms with van der Waals surface area (Å²) in [5.74, 6) is 1.58. The van der Waals surface area contributed by atoms with Crippen LogP contribution in [0.2, 0.25) is 0 Å². The second-order valence-electron chi connectivity index (χ2n) is 4.38. The smallest absolute Gasteiger partial charge is 0.0897 e. The van der Waals surface area contributed by atoms with E-state index in [0.29, 0.717) is 0 Å². The zero-order chi connectivity index (χ0) is 10.7. The highest BCUT2D eigenvalue weighted by Crippen LogP contribution is 2.14. The Hall–Kier alpha value is -0.450. The van der Waals surface area contributed by atoms with Crippen LogP contribution in [0.1, 0.15) is 17.6 Å². The maximum atomic E-state index is 4.43. The highest BCUT2D eigenvalue weighted by atomic mass is 32.1. The van der Waals surface area contributed by atoms with Crippen LogP contribution in [0.25, 0.3) is 0 Å². The number of nitrogens with one attached hydrogen (secondary N) is 2. The molecule has 0 aliphatic carbocycles. The molecule has 0 unspecified atom stereocenters. The molecule has 84 valence electrons. The molecule has 1 aliphatic heterocycles. The first-order chi connectivity index (χ1) is 7.25. The summed E-state index contributed by atoms with van der Waals surface area (Å²) >= 11 is 1.72. The molecule has 0 bridgehead atoms. The Labute approximate surface area is 95.3 Å². The highest BCUT2D eigenvalue weighted by Gasteiger charge is 2.22. The Balaban J connectivity index is 1.70. The normalized spacial score (nSPS) is 26.0. The predicted molar refractivity (Wildman–Crippen MR) is 64.1 cm³/mol. The van der Waals surface area contributed by atoms with E-state index in [1.807, 2.05) is 0 Å². The first kappa shape index (κ1) is 11.0. The van der Waals surface area contributed by atoms with E-state index in [9.17, 15) is 0 Å². The zero-order valence-corrected chi connectivity index (χ0v) is 10.2. The summed E-state index contributed by atoms with van der Waals surface area (Å²) in [6.07, 6.45) is 0. The van der Waals surface area contributed by atoms with E-state index in [4.69, 9.17) is 0 Å². The largest absolute Gasteiger partial charge is 0.316 e. The molecule has 2 atom stereocenters. The van der Waals surface area contributed by atoms with Gasteiger partial charge in [-0.15, -0.1) is 11.3 Å². The van der Waals surface area contributed by atoms with Gasteiger partial charge in [0.05, 0.1) is 10.7 Å². The first-order valence-corrected chi connectivity index (χ1v) is 6.46. The van der Waals surface area contributed by atoms with Gasteiger partial charge in [-0.25, -0.2) is 4.98 Å². The molecule has 0 amide bonds. The zero-order valence-electron chi connectivity index (χ0n) is 9.42. The van der Waals surface area contributed by atoms with Crippen molar-refractivity contribution in [2.24, 2.45) is 11.8 Å². The number of aromatic nitrogens is 1. The van der Waals surface area contributed by atoms with Crippen LogP contribution in [-0.2, 0) is 6.54 Å². The molecule has 0 spiro atoms. The maximum absolute atomic E-state index is 4.43. The van der Waals surface area contributed by atoms with Gasteiger partial charge in [-0.1, -0.05) is 6.92 Å². The molecule has 0 saturated carbocycles. The molecule has 0 radical (unpaired) electrons. The van der Waals surface area contributed by atoms with Crippen LogP contribution in [0, 0.1) is 18.8 Å². The quantitative estimate of drug-likeness (QED) is 0.813. The van der Waals surface area contributed by atoms with Crippen molar-refractivity contribution < 1.29 is 0 Å². The van der Waals surface area contributed by atoms with E-state index in [1.54, 1.807) is 11.3 Å². The fourth-order valence-electron chi connectivity index (χ4n) is 2.01. The molecule has 2 N–H and O–H groups in total. The summed E-state index contributed by atoms with van der Waals surface area (Å²) in [4.78, 5) is 4.43. The minimum absolute atomic E-state index is 0.782. The topological polar surface area (TPSA) is 37.0 Å². The molecule has 1 fully saturated rings. The Morgan fingerprint density at radius 3 is 3.07 bits per heavy atom. The standard InChI is InChI=1S/C11H19N3S/c1-8-3-12-4-10(8)5-13-6-11-7-15-9(2)14-11/h7-8,10,12-13H,3-6H2,1-2H3/t8-,10+/m1/s1. The van der Waals surface area contributed by atoms with Crippen LogP contribution in [0.5, 0.6) is 0 Å². The van der Waals surface area contributed by atoms with Crippen molar-refractivity contribution >= 4 is 11.3 Å². The molecule has 1 aromatic rings. The molecule has 3 nitrogen and oxygen atoms in total. The van der Waals surface area contributed by atoms with Gasteiger partial charge in [0.2, 0.25) is 0 Å². The molecule has 1 aliphatic rings. The Morgan fingerprint density at radius 1 is 1.60 bits per heavy atom. The van der Waals surface area contributed by atoms with Gasteiger partial charge < -0.3 is 10.6 Å². The van der Waals surface area contributed by atoms with Gasteiger partial charge in [-0.2, -0.15) is 0 Å². The average Bonchev–Trinajstić information content (AvgIpc) is 2.77. The van der Waals surface area contributed by atoms with Gasteiger partial charge in [0.25, 0.3) is 0 Å². The second-order valence-corrected chi connectivity index (χ2v) is 5.45. The third-order valence-electron chi connectivity index (χ3n) is 3.06. The molecule has 1 aromatic heterocycles. The van der Waals surface area contributed by atoms with E-state index in [-0.39, 0.29) is 0 Å². The van der Waals surface area contributed by atoms with Gasteiger partial charge in [0.15, 0.2) is 0 Å². The number of hydrogen-bond donors (Lipinski definition) is 2. The van der Waals surface area contributed by atoms with Crippen molar-refractivity contribution in [3.8, 4) is 0 Å². The van der Waals surface area contributed by atoms with E-state index in [0.717, 1.165) is 36.5 Å². The second kappa shape index (κ2) is 5.05. The summed E-state index contributed by atoms with van der Waals surface area (Å²) in [5, 5.41) is 10.2. The van der Waals surface area contributed by atoms with Gasteiger partial charge >= 0.3 is 0 Å². The SMILES string of the molecule is Cc1nc(CNC[C@@H]2CNC[C@H]2C)cs1. The van der Waals surface area contributed by atoms with E-state index >= 15 is 0 Å². The summed E-state index contributed by atoms with van der Waals surface area (Å²) in [7, 11) is 0. The van der Waals surface area contributed by atoms with Crippen molar-refractivity contribution in [1.29, 1.82) is 0 Å². The molecular weight excluding hydrogens is 206 g/mol. The minimum Gasteiger partial charge on any atom is -0.316 e. The third-order valence-corrected chi connectivity index (χ3v) is 3.88. The Bertz CT molecular complexity index is 311. The lowest BCUT2D eigenvalue weighted by atomic mass is 9.98. The monoisotopic (exact) mass is 225 g/mol. The third kappa shape index (κ3) is 3.00. The fraction of sp³-hybridized carbons (Fsp3) is 0.727. The molecule has 4 heteroatoms. The maximum Gasteiger partial charge on any atom is 0.0897 e. The van der Waals surface area contributed by atoms with Crippen LogP contribution >= 0.6 is 11.3 Å². The van der Waals surface area contributed by atoms with Crippen molar-refractivity contribution in [3.63, 3.8) is 0 Å². The lowest BCUT2D eigenvalue weighted by Crippen LogP contribution is -2.26. The molecule has 2 heterocycles. The Kier molecular flexibility index (Phi) is 3.72. The van der Waals surface area contributed by atoms with Crippen LogP contribution in [0.3, 0.4) is 0 Å². The number of hydrogen-bond acceptors (Lipinski definition) is 4. The lowest BCUT2D eigenvalue weighted by Gasteiger charge is -2.14. The van der Waals surface area contributed by atoms with Gasteiger partial charge in [-0.3, -0.25) is 0 Å². The molecule has 0 aromatic carbocycles. The molecule has 2 rings (SSSR count). The molecule has 1 saturated heterocycles. The van der Waals surface area contributed by atoms with Crippen molar-refractivity contribution in [1.82, 2.24) is 15.6 Å². The van der Waals surface area contributed by atoms with Crippen LogP contribution in [0.4, 0.5) is 0 Å². The number of aryl methyl sites for hydroxylation is 1. The van der Waals surface area contributed by atoms with Gasteiger partial charge in [0, 0.05) is 11.9 Å². The summed E-state index contributed by atoms with van der Waals surface area (Å²) < 4.78 is 0. The van der Waals surface area contributed by atoms with Gasteiger partial charge in [0.1, 0.15) is 0 Å². The fourth-order valence-corrected chi connectivity index (χ4v) is 2.63. The summed E-state index contributed by atoms with van der Waals surface area (Å²) in [5.41, 5.74) is 1.18. The molecular formula is C11H19N3S. The number of nitrogens with zero attached hydrogens (tertiary/aromatic N) is 1. The highest BCUT2D eigenvalue weighted by molar-refractivity contribution is 7.09. The van der Waals surface area contributed by atoms with Crippen molar-refractivity contribution in [2.75, 3.05) is 19.6 Å². The van der Waals surface area contributed by atoms with Crippen LogP contribution in [-0.4, -0.2) is 24.6 Å².